The van der Waals surface area contributed by atoms with Crippen molar-refractivity contribution in [2.45, 2.75) is 50.9 Å². The molecule has 4 unspecified atom stereocenters. The van der Waals surface area contributed by atoms with Gasteiger partial charge in [-0.2, -0.15) is 5.26 Å². The van der Waals surface area contributed by atoms with E-state index in [2.05, 4.69) is 11.4 Å². The number of halogens is 1. The highest BCUT2D eigenvalue weighted by molar-refractivity contribution is 7.12. The zero-order chi connectivity index (χ0) is 19.7. The minimum Gasteiger partial charge on any atom is -0.488 e. The number of nitrogens with zero attached hydrogens (tertiary/aromatic N) is 1. The Morgan fingerprint density at radius 3 is 2.76 bits per heavy atom. The van der Waals surface area contributed by atoms with Gasteiger partial charge in [0.25, 0.3) is 0 Å². The van der Waals surface area contributed by atoms with Gasteiger partial charge in [0.15, 0.2) is 5.78 Å². The Bertz CT molecular complexity index is 906. The van der Waals surface area contributed by atoms with Gasteiger partial charge in [0.05, 0.1) is 11.6 Å². The minimum atomic E-state index is -0.617. The summed E-state index contributed by atoms with van der Waals surface area (Å²) in [6.07, 6.45) is 2.50. The van der Waals surface area contributed by atoms with Crippen LogP contribution in [-0.2, 0) is 6.42 Å². The molecule has 0 amide bonds. The average molecular weight is 433 g/mol. The minimum absolute atomic E-state index is 0. The Kier molecular flexibility index (Phi) is 6.97. The number of carbonyl (C=O) groups is 1. The fourth-order valence-electron chi connectivity index (χ4n) is 4.18. The van der Waals surface area contributed by atoms with Gasteiger partial charge >= 0.3 is 0 Å². The van der Waals surface area contributed by atoms with Crippen molar-refractivity contribution in [2.24, 2.45) is 5.92 Å². The number of aliphatic hydroxyl groups is 1. The van der Waals surface area contributed by atoms with E-state index in [9.17, 15) is 9.90 Å². The summed E-state index contributed by atoms with van der Waals surface area (Å²) in [4.78, 5) is 15.1. The SMILES string of the molecule is Cc1cc2c(s1)CCC(CNC1CCC(Oc3ccc(C#N)cc3)C1O)C2=O.Cl. The highest BCUT2D eigenvalue weighted by atomic mass is 35.5. The number of hydrogen-bond acceptors (Lipinski definition) is 6. The lowest BCUT2D eigenvalue weighted by molar-refractivity contribution is 0.0441. The molecule has 1 saturated carbocycles. The molecular weight excluding hydrogens is 408 g/mol. The van der Waals surface area contributed by atoms with Crippen LogP contribution in [0.5, 0.6) is 5.75 Å². The van der Waals surface area contributed by atoms with Gasteiger partial charge in [0.1, 0.15) is 18.0 Å². The summed E-state index contributed by atoms with van der Waals surface area (Å²) in [7, 11) is 0. The van der Waals surface area contributed by atoms with Gasteiger partial charge < -0.3 is 15.2 Å². The third kappa shape index (κ3) is 4.65. The summed E-state index contributed by atoms with van der Waals surface area (Å²) in [6.45, 7) is 2.64. The van der Waals surface area contributed by atoms with Gasteiger partial charge in [-0.15, -0.1) is 23.7 Å². The molecule has 1 aromatic carbocycles. The molecule has 2 aliphatic carbocycles. The zero-order valence-corrected chi connectivity index (χ0v) is 17.9. The van der Waals surface area contributed by atoms with E-state index in [1.165, 1.54) is 9.75 Å². The summed E-state index contributed by atoms with van der Waals surface area (Å²) in [6, 6.07) is 11.0. The average Bonchev–Trinajstić information content (AvgIpc) is 3.25. The second-order valence-corrected chi connectivity index (χ2v) is 9.01. The summed E-state index contributed by atoms with van der Waals surface area (Å²) in [5, 5.41) is 22.9. The molecule has 0 radical (unpaired) electrons. The van der Waals surface area contributed by atoms with Crippen LogP contribution in [0.15, 0.2) is 30.3 Å². The van der Waals surface area contributed by atoms with Gasteiger partial charge in [-0.05, 0) is 62.9 Å². The number of fused-ring (bicyclic) bond motifs is 1. The first kappa shape index (κ1) is 21.8. The maximum absolute atomic E-state index is 12.7. The van der Waals surface area contributed by atoms with Crippen molar-refractivity contribution in [1.29, 1.82) is 5.26 Å². The number of ether oxygens (including phenoxy) is 1. The van der Waals surface area contributed by atoms with Gasteiger partial charge in [0, 0.05) is 33.8 Å². The Hall–Kier alpha value is -1.91. The monoisotopic (exact) mass is 432 g/mol. The Labute approximate surface area is 181 Å². The lowest BCUT2D eigenvalue weighted by atomic mass is 9.87. The van der Waals surface area contributed by atoms with Crippen LogP contribution < -0.4 is 10.1 Å². The van der Waals surface area contributed by atoms with Crippen molar-refractivity contribution in [2.75, 3.05) is 6.54 Å². The molecule has 2 aliphatic rings. The number of aliphatic hydroxyl groups excluding tert-OH is 1. The summed E-state index contributed by atoms with van der Waals surface area (Å²) in [5.74, 6) is 0.870. The number of ketones is 1. The number of carbonyl (C=O) groups excluding carboxylic acids is 1. The number of aryl methyl sites for hydroxylation is 2. The number of thiophene rings is 1. The van der Waals surface area contributed by atoms with Crippen LogP contribution >= 0.6 is 23.7 Å². The van der Waals surface area contributed by atoms with Crippen LogP contribution in [-0.4, -0.2) is 35.7 Å². The number of rotatable bonds is 5. The lowest BCUT2D eigenvalue weighted by Gasteiger charge is -2.25. The van der Waals surface area contributed by atoms with Crippen molar-refractivity contribution >= 4 is 29.5 Å². The highest BCUT2D eigenvalue weighted by Crippen LogP contribution is 2.32. The first-order valence-corrected chi connectivity index (χ1v) is 10.6. The molecule has 0 spiro atoms. The first-order valence-electron chi connectivity index (χ1n) is 9.77. The number of nitrogens with one attached hydrogen (secondary N) is 1. The van der Waals surface area contributed by atoms with Crippen LogP contribution in [0.1, 0.15) is 44.9 Å². The van der Waals surface area contributed by atoms with Crippen LogP contribution in [0, 0.1) is 24.2 Å². The van der Waals surface area contributed by atoms with Gasteiger partial charge in [0.2, 0.25) is 0 Å². The molecule has 154 valence electrons. The lowest BCUT2D eigenvalue weighted by Crippen LogP contribution is -2.44. The van der Waals surface area contributed by atoms with E-state index < -0.39 is 6.10 Å². The summed E-state index contributed by atoms with van der Waals surface area (Å²) < 4.78 is 5.91. The molecule has 4 rings (SSSR count). The topological polar surface area (TPSA) is 82.3 Å². The molecular formula is C22H25ClN2O3S. The van der Waals surface area contributed by atoms with Crippen LogP contribution in [0.2, 0.25) is 0 Å². The predicted molar refractivity (Wildman–Crippen MR) is 115 cm³/mol. The summed E-state index contributed by atoms with van der Waals surface area (Å²) >= 11 is 1.73. The van der Waals surface area contributed by atoms with E-state index in [0.717, 1.165) is 31.2 Å². The van der Waals surface area contributed by atoms with E-state index in [0.29, 0.717) is 17.9 Å². The maximum Gasteiger partial charge on any atom is 0.168 e. The Morgan fingerprint density at radius 1 is 1.28 bits per heavy atom. The van der Waals surface area contributed by atoms with E-state index >= 15 is 0 Å². The Morgan fingerprint density at radius 2 is 2.03 bits per heavy atom. The third-order valence-electron chi connectivity index (χ3n) is 5.74. The summed E-state index contributed by atoms with van der Waals surface area (Å²) in [5.41, 5.74) is 1.48. The quantitative estimate of drug-likeness (QED) is 0.753. The number of nitriles is 1. The molecule has 1 heterocycles. The van der Waals surface area contributed by atoms with Crippen molar-refractivity contribution in [1.82, 2.24) is 5.32 Å². The molecule has 7 heteroatoms. The molecule has 4 atom stereocenters. The second kappa shape index (κ2) is 9.27. The fourth-order valence-corrected chi connectivity index (χ4v) is 5.24. The highest BCUT2D eigenvalue weighted by Gasteiger charge is 2.37. The molecule has 0 aliphatic heterocycles. The van der Waals surface area contributed by atoms with E-state index in [1.807, 2.05) is 13.0 Å². The van der Waals surface area contributed by atoms with Gasteiger partial charge in [-0.1, -0.05) is 0 Å². The number of hydrogen-bond donors (Lipinski definition) is 2. The van der Waals surface area contributed by atoms with E-state index in [4.69, 9.17) is 10.00 Å². The predicted octanol–water partition coefficient (Wildman–Crippen LogP) is 3.66. The van der Waals surface area contributed by atoms with Gasteiger partial charge in [-0.25, -0.2) is 0 Å². The van der Waals surface area contributed by atoms with Crippen molar-refractivity contribution in [3.8, 4) is 11.8 Å². The normalized spacial score (nSPS) is 25.8. The molecule has 2 aromatic rings. The maximum atomic E-state index is 12.7. The molecule has 1 aromatic heterocycles. The van der Waals surface area contributed by atoms with Crippen LogP contribution in [0.3, 0.4) is 0 Å². The molecule has 0 saturated heterocycles. The van der Waals surface area contributed by atoms with Crippen molar-refractivity contribution in [3.05, 3.63) is 51.2 Å². The molecule has 2 N–H and O–H groups in total. The van der Waals surface area contributed by atoms with Gasteiger partial charge in [-0.3, -0.25) is 4.79 Å². The van der Waals surface area contributed by atoms with Crippen molar-refractivity contribution in [3.63, 3.8) is 0 Å². The zero-order valence-electron chi connectivity index (χ0n) is 16.3. The molecule has 5 nitrogen and oxygen atoms in total. The molecule has 0 bridgehead atoms. The standard InChI is InChI=1S/C22H24N2O3S.ClH/c1-13-10-17-20(28-13)9-4-15(21(17)25)12-24-18-7-8-19(22(18)26)27-16-5-2-14(11-23)3-6-16;/h2-3,5-6,10,15,18-19,22,24,26H,4,7-9,12H2,1H3;1H. The largest absolute Gasteiger partial charge is 0.488 e. The number of Topliss-reactive ketones (excluding diaryl/α,β-unsaturated/α-hetero) is 1. The van der Waals surface area contributed by atoms with E-state index in [1.54, 1.807) is 35.6 Å². The van der Waals surface area contributed by atoms with E-state index in [-0.39, 0.29) is 36.3 Å². The molecule has 1 fully saturated rings. The Balaban J connectivity index is 0.00000240. The molecule has 29 heavy (non-hydrogen) atoms. The van der Waals surface area contributed by atoms with Crippen molar-refractivity contribution < 1.29 is 14.6 Å². The first-order chi connectivity index (χ1) is 13.5. The third-order valence-corrected chi connectivity index (χ3v) is 6.85. The smallest absolute Gasteiger partial charge is 0.168 e. The fraction of sp³-hybridized carbons (Fsp3) is 0.455. The number of benzene rings is 1. The van der Waals surface area contributed by atoms with Crippen LogP contribution in [0.25, 0.3) is 0 Å². The van der Waals surface area contributed by atoms with Crippen LogP contribution in [0.4, 0.5) is 0 Å². The second-order valence-electron chi connectivity index (χ2n) is 7.67.